The second-order valence-electron chi connectivity index (χ2n) is 7.71. The fraction of sp³-hybridized carbons (Fsp3) is 0.240. The molecule has 0 aromatic heterocycles. The van der Waals surface area contributed by atoms with Crippen LogP contribution in [-0.4, -0.2) is 28.0 Å². The van der Waals surface area contributed by atoms with Gasteiger partial charge in [0, 0.05) is 0 Å². The molecule has 1 atom stereocenters. The van der Waals surface area contributed by atoms with Gasteiger partial charge in [-0.3, -0.25) is 9.10 Å². The molecule has 7 heteroatoms. The van der Waals surface area contributed by atoms with Crippen molar-refractivity contribution in [1.82, 2.24) is 5.32 Å². The number of hydrogen-bond acceptors (Lipinski definition) is 4. The minimum Gasteiger partial charge on any atom is -0.495 e. The van der Waals surface area contributed by atoms with E-state index in [0.717, 1.165) is 29.1 Å². The largest absolute Gasteiger partial charge is 0.495 e. The molecule has 0 saturated carbocycles. The zero-order valence-electron chi connectivity index (χ0n) is 17.9. The molecule has 6 nitrogen and oxygen atoms in total. The van der Waals surface area contributed by atoms with Crippen LogP contribution in [0.25, 0.3) is 0 Å². The Bertz CT molecular complexity index is 1200. The number of amides is 1. The van der Waals surface area contributed by atoms with E-state index in [9.17, 15) is 13.2 Å². The Morgan fingerprint density at radius 2 is 1.69 bits per heavy atom. The highest BCUT2D eigenvalue weighted by Gasteiger charge is 2.30. The smallest absolute Gasteiger partial charge is 0.264 e. The molecule has 0 fully saturated rings. The molecule has 1 N–H and O–H groups in total. The van der Waals surface area contributed by atoms with Gasteiger partial charge in [0.05, 0.1) is 23.7 Å². The molecule has 0 aliphatic heterocycles. The lowest BCUT2D eigenvalue weighted by molar-refractivity contribution is -0.120. The fourth-order valence-electron chi connectivity index (χ4n) is 4.13. The van der Waals surface area contributed by atoms with E-state index in [0.29, 0.717) is 11.4 Å². The SMILES string of the molecule is COc1ccccc1N(CC(=O)NC1CCCc2ccccc21)S(=O)(=O)c1ccccc1. The Hall–Kier alpha value is -3.32. The number of nitrogens with one attached hydrogen (secondary N) is 1. The number of para-hydroxylation sites is 2. The van der Waals surface area contributed by atoms with Crippen molar-refractivity contribution in [3.63, 3.8) is 0 Å². The van der Waals surface area contributed by atoms with Crippen LogP contribution in [0.5, 0.6) is 5.75 Å². The number of nitrogens with zero attached hydrogens (tertiary/aromatic N) is 1. The first kappa shape index (κ1) is 21.9. The monoisotopic (exact) mass is 450 g/mol. The summed E-state index contributed by atoms with van der Waals surface area (Å²) in [5, 5.41) is 3.05. The van der Waals surface area contributed by atoms with E-state index in [1.807, 2.05) is 18.2 Å². The molecule has 3 aromatic rings. The predicted molar refractivity (Wildman–Crippen MR) is 124 cm³/mol. The summed E-state index contributed by atoms with van der Waals surface area (Å²) in [5.41, 5.74) is 2.64. The first-order valence-electron chi connectivity index (χ1n) is 10.6. The first-order chi connectivity index (χ1) is 15.5. The van der Waals surface area contributed by atoms with Crippen LogP contribution in [0.1, 0.15) is 30.0 Å². The number of methoxy groups -OCH3 is 1. The topological polar surface area (TPSA) is 75.7 Å². The maximum Gasteiger partial charge on any atom is 0.264 e. The third-order valence-electron chi connectivity index (χ3n) is 5.68. The maximum atomic E-state index is 13.5. The molecule has 0 bridgehead atoms. The molecule has 3 aromatic carbocycles. The average Bonchev–Trinajstić information content (AvgIpc) is 2.83. The van der Waals surface area contributed by atoms with Gasteiger partial charge in [-0.05, 0) is 54.7 Å². The van der Waals surface area contributed by atoms with E-state index < -0.39 is 10.0 Å². The van der Waals surface area contributed by atoms with Gasteiger partial charge in [-0.15, -0.1) is 0 Å². The average molecular weight is 451 g/mol. The van der Waals surface area contributed by atoms with Gasteiger partial charge in [-0.1, -0.05) is 54.6 Å². The number of ether oxygens (including phenoxy) is 1. The van der Waals surface area contributed by atoms with Crippen LogP contribution < -0.4 is 14.4 Å². The van der Waals surface area contributed by atoms with Crippen LogP contribution in [0, 0.1) is 0 Å². The lowest BCUT2D eigenvalue weighted by Crippen LogP contribution is -2.42. The summed E-state index contributed by atoms with van der Waals surface area (Å²) in [5.74, 6) is 0.0138. The van der Waals surface area contributed by atoms with Crippen LogP contribution in [0.15, 0.2) is 83.8 Å². The Morgan fingerprint density at radius 1 is 1.00 bits per heavy atom. The molecule has 0 saturated heterocycles. The number of anilines is 1. The summed E-state index contributed by atoms with van der Waals surface area (Å²) >= 11 is 0. The van der Waals surface area contributed by atoms with E-state index in [4.69, 9.17) is 4.74 Å². The summed E-state index contributed by atoms with van der Waals surface area (Å²) in [7, 11) is -2.51. The molecule has 1 unspecified atom stereocenters. The van der Waals surface area contributed by atoms with Crippen molar-refractivity contribution in [3.8, 4) is 5.75 Å². The van der Waals surface area contributed by atoms with Gasteiger partial charge in [0.1, 0.15) is 12.3 Å². The molecule has 1 aliphatic carbocycles. The summed E-state index contributed by atoms with van der Waals surface area (Å²) in [6.07, 6.45) is 2.78. The van der Waals surface area contributed by atoms with Crippen molar-refractivity contribution >= 4 is 21.6 Å². The first-order valence-corrected chi connectivity index (χ1v) is 12.0. The highest BCUT2D eigenvalue weighted by molar-refractivity contribution is 7.92. The second-order valence-corrected chi connectivity index (χ2v) is 9.57. The van der Waals surface area contributed by atoms with Crippen molar-refractivity contribution in [3.05, 3.63) is 90.0 Å². The Labute approximate surface area is 188 Å². The Kier molecular flexibility index (Phi) is 6.46. The maximum absolute atomic E-state index is 13.5. The molecule has 4 rings (SSSR count). The van der Waals surface area contributed by atoms with Crippen molar-refractivity contribution in [2.24, 2.45) is 0 Å². The Morgan fingerprint density at radius 3 is 2.47 bits per heavy atom. The van der Waals surface area contributed by atoms with Crippen LogP contribution in [0.3, 0.4) is 0 Å². The molecular weight excluding hydrogens is 424 g/mol. The van der Waals surface area contributed by atoms with Gasteiger partial charge in [0.25, 0.3) is 10.0 Å². The highest BCUT2D eigenvalue weighted by Crippen LogP contribution is 2.33. The van der Waals surface area contributed by atoms with E-state index in [2.05, 4.69) is 11.4 Å². The van der Waals surface area contributed by atoms with E-state index in [1.54, 1.807) is 42.5 Å². The predicted octanol–water partition coefficient (Wildman–Crippen LogP) is 4.08. The second kappa shape index (κ2) is 9.44. The van der Waals surface area contributed by atoms with E-state index in [-0.39, 0.29) is 23.4 Å². The summed E-state index contributed by atoms with van der Waals surface area (Å²) in [6.45, 7) is -0.351. The normalized spacial score (nSPS) is 15.5. The molecule has 166 valence electrons. The molecule has 0 heterocycles. The van der Waals surface area contributed by atoms with Gasteiger partial charge in [0.2, 0.25) is 5.91 Å². The fourth-order valence-corrected chi connectivity index (χ4v) is 5.58. The molecular formula is C25H26N2O4S. The van der Waals surface area contributed by atoms with Crippen molar-refractivity contribution in [2.75, 3.05) is 18.0 Å². The zero-order chi connectivity index (χ0) is 22.6. The number of hydrogen-bond donors (Lipinski definition) is 1. The Balaban J connectivity index is 1.65. The third kappa shape index (κ3) is 4.48. The zero-order valence-corrected chi connectivity index (χ0v) is 18.7. The number of aryl methyl sites for hydroxylation is 1. The van der Waals surface area contributed by atoms with Crippen LogP contribution >= 0.6 is 0 Å². The van der Waals surface area contributed by atoms with Gasteiger partial charge in [0.15, 0.2) is 0 Å². The molecule has 32 heavy (non-hydrogen) atoms. The van der Waals surface area contributed by atoms with E-state index >= 15 is 0 Å². The summed E-state index contributed by atoms with van der Waals surface area (Å²) in [4.78, 5) is 13.2. The standard InChI is InChI=1S/C25H26N2O4S/c1-31-24-17-8-7-16-23(24)27(32(29,30)20-12-3-2-4-13-20)18-25(28)26-22-15-9-11-19-10-5-6-14-21(19)22/h2-8,10,12-14,16-17,22H,9,11,15,18H2,1H3,(H,26,28). The van der Waals surface area contributed by atoms with Crippen molar-refractivity contribution in [1.29, 1.82) is 0 Å². The van der Waals surface area contributed by atoms with Gasteiger partial charge < -0.3 is 10.1 Å². The third-order valence-corrected chi connectivity index (χ3v) is 7.45. The molecule has 0 radical (unpaired) electrons. The number of carbonyl (C=O) groups is 1. The minimum absolute atomic E-state index is 0.113. The summed E-state index contributed by atoms with van der Waals surface area (Å²) < 4.78 is 33.5. The summed E-state index contributed by atoms with van der Waals surface area (Å²) in [6, 6.07) is 22.8. The van der Waals surface area contributed by atoms with Gasteiger partial charge in [-0.2, -0.15) is 0 Å². The highest BCUT2D eigenvalue weighted by atomic mass is 32.2. The van der Waals surface area contributed by atoms with Crippen molar-refractivity contribution in [2.45, 2.75) is 30.2 Å². The van der Waals surface area contributed by atoms with Crippen LogP contribution in [-0.2, 0) is 21.2 Å². The molecule has 1 aliphatic rings. The number of carbonyl (C=O) groups excluding carboxylic acids is 1. The number of fused-ring (bicyclic) bond motifs is 1. The quantitative estimate of drug-likeness (QED) is 0.588. The number of sulfonamides is 1. The lowest BCUT2D eigenvalue weighted by atomic mass is 9.88. The molecule has 0 spiro atoms. The number of benzene rings is 3. The number of rotatable bonds is 7. The van der Waals surface area contributed by atoms with Gasteiger partial charge >= 0.3 is 0 Å². The van der Waals surface area contributed by atoms with Crippen molar-refractivity contribution < 1.29 is 17.9 Å². The van der Waals surface area contributed by atoms with E-state index in [1.165, 1.54) is 24.8 Å². The minimum atomic E-state index is -3.99. The van der Waals surface area contributed by atoms with Crippen LogP contribution in [0.4, 0.5) is 5.69 Å². The van der Waals surface area contributed by atoms with Gasteiger partial charge in [-0.25, -0.2) is 8.42 Å². The molecule has 1 amide bonds. The van der Waals surface area contributed by atoms with Crippen LogP contribution in [0.2, 0.25) is 0 Å². The lowest BCUT2D eigenvalue weighted by Gasteiger charge is -2.29.